The van der Waals surface area contributed by atoms with Crippen LogP contribution in [0.2, 0.25) is 0 Å². The minimum atomic E-state index is -0.789. The molecule has 0 radical (unpaired) electrons. The van der Waals surface area contributed by atoms with Gasteiger partial charge in [-0.3, -0.25) is 14.9 Å². The predicted octanol–water partition coefficient (Wildman–Crippen LogP) is 1.20. The Bertz CT molecular complexity index is 699. The first kappa shape index (κ1) is 20.2. The molecule has 1 fully saturated rings. The number of amides is 3. The zero-order chi connectivity index (χ0) is 19.6. The Hall–Kier alpha value is -3.10. The monoisotopic (exact) mass is 378 g/mol. The van der Waals surface area contributed by atoms with Crippen molar-refractivity contribution >= 4 is 24.2 Å². The molecule has 0 saturated heterocycles. The number of hydrogen-bond donors (Lipinski definition) is 2. The summed E-state index contributed by atoms with van der Waals surface area (Å²) in [5.74, 6) is -0.983. The van der Waals surface area contributed by atoms with Gasteiger partial charge in [0, 0.05) is 11.6 Å². The van der Waals surface area contributed by atoms with Crippen molar-refractivity contribution in [3.63, 3.8) is 0 Å². The molecule has 1 aliphatic carbocycles. The van der Waals surface area contributed by atoms with Crippen molar-refractivity contribution in [3.05, 3.63) is 23.8 Å². The van der Waals surface area contributed by atoms with Crippen LogP contribution >= 0.6 is 0 Å². The summed E-state index contributed by atoms with van der Waals surface area (Å²) in [7, 11) is 1.40. The number of imide groups is 1. The largest absolute Gasteiger partial charge is 0.493 e. The van der Waals surface area contributed by atoms with Gasteiger partial charge in [-0.2, -0.15) is 0 Å². The smallest absolute Gasteiger partial charge is 0.344 e. The van der Waals surface area contributed by atoms with E-state index in [-0.39, 0.29) is 17.5 Å². The van der Waals surface area contributed by atoms with Crippen LogP contribution < -0.4 is 20.1 Å². The van der Waals surface area contributed by atoms with Gasteiger partial charge in [0.2, 0.25) is 0 Å². The minimum absolute atomic E-state index is 0.0781. The molecule has 0 aliphatic heterocycles. The number of urea groups is 1. The second-order valence-electron chi connectivity index (χ2n) is 5.98. The zero-order valence-electron chi connectivity index (χ0n) is 15.0. The lowest BCUT2D eigenvalue weighted by atomic mass is 10.2. The predicted molar refractivity (Wildman–Crippen MR) is 93.8 cm³/mol. The zero-order valence-corrected chi connectivity index (χ0v) is 15.0. The maximum atomic E-state index is 11.7. The highest BCUT2D eigenvalue weighted by molar-refractivity contribution is 5.95. The van der Waals surface area contributed by atoms with E-state index in [1.807, 2.05) is 0 Å². The number of rotatable bonds is 8. The van der Waals surface area contributed by atoms with Crippen molar-refractivity contribution in [2.45, 2.75) is 31.7 Å². The molecule has 0 atom stereocenters. The Labute approximate surface area is 156 Å². The molecule has 1 aromatic carbocycles. The fourth-order valence-corrected chi connectivity index (χ4v) is 2.66. The van der Waals surface area contributed by atoms with Crippen molar-refractivity contribution in [3.8, 4) is 11.5 Å². The van der Waals surface area contributed by atoms with Gasteiger partial charge in [-0.15, -0.1) is 0 Å². The number of esters is 1. The van der Waals surface area contributed by atoms with Gasteiger partial charge in [0.15, 0.2) is 24.7 Å². The van der Waals surface area contributed by atoms with Crippen LogP contribution in [0.15, 0.2) is 18.2 Å². The third-order valence-electron chi connectivity index (χ3n) is 3.98. The summed E-state index contributed by atoms with van der Waals surface area (Å²) < 4.78 is 15.1. The number of aldehydes is 1. The molecule has 27 heavy (non-hydrogen) atoms. The third kappa shape index (κ3) is 6.61. The second-order valence-corrected chi connectivity index (χ2v) is 5.98. The van der Waals surface area contributed by atoms with Crippen LogP contribution in [0.5, 0.6) is 11.5 Å². The average molecular weight is 378 g/mol. The topological polar surface area (TPSA) is 120 Å². The van der Waals surface area contributed by atoms with Crippen LogP contribution in [-0.4, -0.2) is 50.6 Å². The number of nitrogens with one attached hydrogen (secondary N) is 2. The molecule has 146 valence electrons. The van der Waals surface area contributed by atoms with Gasteiger partial charge in [0.1, 0.15) is 6.29 Å². The average Bonchev–Trinajstić information content (AvgIpc) is 3.17. The van der Waals surface area contributed by atoms with E-state index in [0.717, 1.165) is 25.7 Å². The highest BCUT2D eigenvalue weighted by atomic mass is 16.6. The lowest BCUT2D eigenvalue weighted by Gasteiger charge is -2.12. The lowest BCUT2D eigenvalue weighted by molar-refractivity contribution is -0.150. The first-order valence-corrected chi connectivity index (χ1v) is 8.54. The first-order valence-electron chi connectivity index (χ1n) is 8.54. The van der Waals surface area contributed by atoms with Crippen molar-refractivity contribution in [2.24, 2.45) is 0 Å². The maximum Gasteiger partial charge on any atom is 0.344 e. The van der Waals surface area contributed by atoms with Gasteiger partial charge in [0.05, 0.1) is 7.11 Å². The summed E-state index contributed by atoms with van der Waals surface area (Å²) in [5, 5.41) is 4.80. The van der Waals surface area contributed by atoms with Gasteiger partial charge < -0.3 is 19.5 Å². The summed E-state index contributed by atoms with van der Waals surface area (Å²) >= 11 is 0. The van der Waals surface area contributed by atoms with Crippen molar-refractivity contribution in [1.29, 1.82) is 0 Å². The normalized spacial score (nSPS) is 13.5. The van der Waals surface area contributed by atoms with E-state index in [1.165, 1.54) is 25.3 Å². The van der Waals surface area contributed by atoms with Gasteiger partial charge >= 0.3 is 12.0 Å². The summed E-state index contributed by atoms with van der Waals surface area (Å²) in [6.45, 7) is -1.06. The summed E-state index contributed by atoms with van der Waals surface area (Å²) in [6.07, 6.45) is 4.55. The van der Waals surface area contributed by atoms with Gasteiger partial charge in [-0.25, -0.2) is 9.59 Å². The molecule has 0 unspecified atom stereocenters. The highest BCUT2D eigenvalue weighted by Gasteiger charge is 2.18. The Morgan fingerprint density at radius 3 is 2.56 bits per heavy atom. The Balaban J connectivity index is 1.70. The third-order valence-corrected chi connectivity index (χ3v) is 3.98. The van der Waals surface area contributed by atoms with Gasteiger partial charge in [-0.05, 0) is 31.0 Å². The fourth-order valence-electron chi connectivity index (χ4n) is 2.66. The molecule has 2 rings (SSSR count). The van der Waals surface area contributed by atoms with Crippen LogP contribution in [0.25, 0.3) is 0 Å². The number of hydrogen-bond acceptors (Lipinski definition) is 7. The molecule has 1 saturated carbocycles. The van der Waals surface area contributed by atoms with Crippen LogP contribution in [0.4, 0.5) is 4.79 Å². The number of ether oxygens (including phenoxy) is 3. The summed E-state index contributed by atoms with van der Waals surface area (Å²) in [6, 6.07) is 3.93. The van der Waals surface area contributed by atoms with E-state index in [0.29, 0.717) is 11.8 Å². The SMILES string of the molecule is COc1cc(C=O)ccc1OCC(=O)OCC(=O)NC(=O)NC1CCCC1. The maximum absolute atomic E-state index is 11.7. The first-order chi connectivity index (χ1) is 13.0. The molecule has 9 heteroatoms. The van der Waals surface area contributed by atoms with Crippen LogP contribution in [0.1, 0.15) is 36.0 Å². The molecule has 2 N–H and O–H groups in total. The molecular weight excluding hydrogens is 356 g/mol. The minimum Gasteiger partial charge on any atom is -0.493 e. The summed E-state index contributed by atoms with van der Waals surface area (Å²) in [4.78, 5) is 45.7. The second kappa shape index (κ2) is 10.1. The van der Waals surface area contributed by atoms with Crippen LogP contribution in [0.3, 0.4) is 0 Å². The molecule has 0 aromatic heterocycles. The number of methoxy groups -OCH3 is 1. The Kier molecular flexibility index (Phi) is 7.60. The van der Waals surface area contributed by atoms with Crippen LogP contribution in [-0.2, 0) is 14.3 Å². The van der Waals surface area contributed by atoms with Crippen molar-refractivity contribution in [1.82, 2.24) is 10.6 Å². The Morgan fingerprint density at radius 2 is 1.89 bits per heavy atom. The van der Waals surface area contributed by atoms with Gasteiger partial charge in [-0.1, -0.05) is 12.8 Å². The van der Waals surface area contributed by atoms with Gasteiger partial charge in [0.25, 0.3) is 5.91 Å². The molecule has 0 spiro atoms. The van der Waals surface area contributed by atoms with E-state index in [9.17, 15) is 19.2 Å². The quantitative estimate of drug-likeness (QED) is 0.515. The van der Waals surface area contributed by atoms with Crippen molar-refractivity contribution < 1.29 is 33.4 Å². The standard InChI is InChI=1S/C18H22N2O7/c1-25-15-8-12(9-21)6-7-14(15)26-11-17(23)27-10-16(22)20-18(24)19-13-4-2-3-5-13/h6-9,13H,2-5,10-11H2,1H3,(H2,19,20,22,24). The molecule has 1 aromatic rings. The van der Waals surface area contributed by atoms with E-state index >= 15 is 0 Å². The van der Waals surface area contributed by atoms with Crippen LogP contribution in [0, 0.1) is 0 Å². The summed E-state index contributed by atoms with van der Waals surface area (Å²) in [5.41, 5.74) is 0.398. The number of carbonyl (C=O) groups excluding carboxylic acids is 4. The Morgan fingerprint density at radius 1 is 1.15 bits per heavy atom. The van der Waals surface area contributed by atoms with E-state index in [1.54, 1.807) is 0 Å². The van der Waals surface area contributed by atoms with E-state index < -0.39 is 31.1 Å². The molecule has 0 heterocycles. The number of benzene rings is 1. The molecular formula is C18H22N2O7. The lowest BCUT2D eigenvalue weighted by Crippen LogP contribution is -2.45. The highest BCUT2D eigenvalue weighted by Crippen LogP contribution is 2.27. The molecule has 0 bridgehead atoms. The molecule has 3 amide bonds. The number of carbonyl (C=O) groups is 4. The molecule has 1 aliphatic rings. The van der Waals surface area contributed by atoms with E-state index in [4.69, 9.17) is 14.2 Å². The molecule has 9 nitrogen and oxygen atoms in total. The van der Waals surface area contributed by atoms with E-state index in [2.05, 4.69) is 10.6 Å². The fraction of sp³-hybridized carbons (Fsp3) is 0.444. The van der Waals surface area contributed by atoms with Crippen molar-refractivity contribution in [2.75, 3.05) is 20.3 Å².